The minimum absolute atomic E-state index is 0.874. The maximum absolute atomic E-state index is 6.06. The van der Waals surface area contributed by atoms with Crippen LogP contribution >= 0.6 is 0 Å². The Morgan fingerprint density at radius 1 is 0.500 bits per heavy atom. The molecule has 5 heteroatoms. The Balaban J connectivity index is 5.33. The van der Waals surface area contributed by atoms with Gasteiger partial charge in [0.15, 0.2) is 0 Å². The van der Waals surface area contributed by atoms with Crippen molar-refractivity contribution in [3.63, 3.8) is 0 Å². The lowest BCUT2D eigenvalue weighted by atomic mass is 10.5. The highest BCUT2D eigenvalue weighted by atomic mass is 28.3. The Hall–Kier alpha value is 0.0475. The first-order valence-corrected chi connectivity index (χ1v) is 26.5. The molecule has 0 fully saturated rings. The molecule has 32 heavy (non-hydrogen) atoms. The third kappa shape index (κ3) is 15.0. The molecule has 0 radical (unpaired) electrons. The lowest BCUT2D eigenvalue weighted by molar-refractivity contribution is 0.837. The summed E-state index contributed by atoms with van der Waals surface area (Å²) in [7, 11) is -4.60. The summed E-state index contributed by atoms with van der Waals surface area (Å²) in [5.41, 5.74) is 6.06. The van der Waals surface area contributed by atoms with Crippen molar-refractivity contribution in [1.82, 2.24) is 0 Å². The molecule has 188 valence electrons. The number of rotatable bonds is 21. The first-order chi connectivity index (χ1) is 14.9. The molecule has 0 amide bonds. The van der Waals surface area contributed by atoms with Crippen LogP contribution in [0.5, 0.6) is 0 Å². The van der Waals surface area contributed by atoms with Crippen LogP contribution in [0.4, 0.5) is 0 Å². The number of nitrogens with two attached hydrogens (primary N) is 1. The highest BCUT2D eigenvalue weighted by Crippen LogP contribution is 2.37. The van der Waals surface area contributed by atoms with E-state index in [1.165, 1.54) is 68.0 Å². The molecule has 1 nitrogen and oxygen atoms in total. The van der Waals surface area contributed by atoms with E-state index in [9.17, 15) is 0 Å². The van der Waals surface area contributed by atoms with Crippen LogP contribution in [0.25, 0.3) is 0 Å². The molecule has 0 aliphatic carbocycles. The Bertz CT molecular complexity index is 470. The van der Waals surface area contributed by atoms with Gasteiger partial charge in [-0.05, 0) is 31.1 Å². The monoisotopic (exact) mass is 509 g/mol. The summed E-state index contributed by atoms with van der Waals surface area (Å²) < 4.78 is 0. The number of hydrogen-bond acceptors (Lipinski definition) is 1. The predicted molar refractivity (Wildman–Crippen MR) is 164 cm³/mol. The average molecular weight is 510 g/mol. The molecule has 0 aromatic heterocycles. The van der Waals surface area contributed by atoms with Gasteiger partial charge in [-0.15, -0.1) is 19.7 Å². The fraction of sp³-hybridized carbons (Fsp3) is 0.778. The van der Waals surface area contributed by atoms with Crippen LogP contribution in [0.1, 0.15) is 25.7 Å². The van der Waals surface area contributed by atoms with E-state index in [1.54, 1.807) is 18.1 Å². The SMILES string of the molecule is C=CC[Si](C)(C)CCC[Si](CCCN)(CCC[Si](C)(C)CC=C)CCC[Si](C)(C)CC=C. The van der Waals surface area contributed by atoms with Crippen LogP contribution in [-0.4, -0.2) is 38.8 Å². The van der Waals surface area contributed by atoms with E-state index >= 15 is 0 Å². The van der Waals surface area contributed by atoms with E-state index in [2.05, 4.69) is 77.2 Å². The van der Waals surface area contributed by atoms with Crippen molar-refractivity contribution >= 4 is 32.3 Å². The summed E-state index contributed by atoms with van der Waals surface area (Å²) in [5.74, 6) is 0. The van der Waals surface area contributed by atoms with Crippen molar-refractivity contribution in [2.75, 3.05) is 6.54 Å². The van der Waals surface area contributed by atoms with Crippen LogP contribution in [0.15, 0.2) is 38.0 Å². The van der Waals surface area contributed by atoms with Gasteiger partial charge in [0.05, 0.1) is 32.3 Å². The zero-order chi connectivity index (χ0) is 24.7. The summed E-state index contributed by atoms with van der Waals surface area (Å²) in [6, 6.07) is 14.4. The Morgan fingerprint density at radius 3 is 1.03 bits per heavy atom. The molecule has 0 unspecified atom stereocenters. The zero-order valence-corrected chi connectivity index (χ0v) is 27.0. The van der Waals surface area contributed by atoms with Gasteiger partial charge < -0.3 is 5.73 Å². The van der Waals surface area contributed by atoms with Gasteiger partial charge in [-0.1, -0.05) is 119 Å². The molecular weight excluding hydrogens is 451 g/mol. The Morgan fingerprint density at radius 2 is 0.781 bits per heavy atom. The van der Waals surface area contributed by atoms with Gasteiger partial charge in [-0.3, -0.25) is 0 Å². The molecular formula is C27H59NSi4. The van der Waals surface area contributed by atoms with E-state index < -0.39 is 32.3 Å². The van der Waals surface area contributed by atoms with Crippen LogP contribution in [0.3, 0.4) is 0 Å². The number of allylic oxidation sites excluding steroid dienone is 3. The van der Waals surface area contributed by atoms with Gasteiger partial charge >= 0.3 is 0 Å². The number of hydrogen-bond donors (Lipinski definition) is 1. The topological polar surface area (TPSA) is 26.0 Å². The molecule has 0 saturated heterocycles. The molecule has 0 spiro atoms. The molecule has 0 aliphatic rings. The summed E-state index contributed by atoms with van der Waals surface area (Å²) >= 11 is 0. The van der Waals surface area contributed by atoms with E-state index in [0.29, 0.717) is 0 Å². The normalized spacial score (nSPS) is 13.2. The lowest BCUT2D eigenvalue weighted by Gasteiger charge is -2.35. The van der Waals surface area contributed by atoms with Crippen molar-refractivity contribution in [3.05, 3.63) is 38.0 Å². The third-order valence-corrected chi connectivity index (χ3v) is 22.6. The van der Waals surface area contributed by atoms with Gasteiger partial charge in [0.25, 0.3) is 0 Å². The molecule has 0 aromatic carbocycles. The Labute approximate surface area is 207 Å². The maximum atomic E-state index is 6.06. The van der Waals surface area contributed by atoms with E-state index in [0.717, 1.165) is 6.54 Å². The van der Waals surface area contributed by atoms with Gasteiger partial charge in [0.1, 0.15) is 0 Å². The first-order valence-electron chi connectivity index (χ1n) is 13.4. The summed E-state index contributed by atoms with van der Waals surface area (Å²) in [4.78, 5) is 0. The minimum Gasteiger partial charge on any atom is -0.330 e. The van der Waals surface area contributed by atoms with Gasteiger partial charge in [0.2, 0.25) is 0 Å². The summed E-state index contributed by atoms with van der Waals surface area (Å²) in [6.45, 7) is 28.3. The molecule has 0 saturated carbocycles. The van der Waals surface area contributed by atoms with Crippen molar-refractivity contribution in [2.24, 2.45) is 5.73 Å². The lowest BCUT2D eigenvalue weighted by Crippen LogP contribution is -2.37. The molecule has 0 aromatic rings. The van der Waals surface area contributed by atoms with Gasteiger partial charge in [-0.25, -0.2) is 0 Å². The third-order valence-electron chi connectivity index (χ3n) is 7.68. The average Bonchev–Trinajstić information content (AvgIpc) is 2.65. The smallest absolute Gasteiger partial charge is 0.0535 e. The molecule has 0 atom stereocenters. The van der Waals surface area contributed by atoms with Gasteiger partial charge in [-0.2, -0.15) is 0 Å². The highest BCUT2D eigenvalue weighted by Gasteiger charge is 2.33. The van der Waals surface area contributed by atoms with Crippen molar-refractivity contribution in [2.45, 2.75) is 125 Å². The first kappa shape index (κ1) is 32.0. The molecule has 0 rings (SSSR count). The second-order valence-electron chi connectivity index (χ2n) is 12.9. The van der Waals surface area contributed by atoms with E-state index in [-0.39, 0.29) is 0 Å². The standard InChI is InChI=1S/C27H59NSi4/c1-10-18-29(4,5)21-14-25-32(24-13-17-28,26-15-22-30(6,7)19-11-2)27-16-23-31(8,9)20-12-3/h10-12H,1-3,13-28H2,4-9H3. The van der Waals surface area contributed by atoms with Crippen LogP contribution in [-0.2, 0) is 0 Å². The van der Waals surface area contributed by atoms with Crippen molar-refractivity contribution in [1.29, 1.82) is 0 Å². The molecule has 0 heterocycles. The highest BCUT2D eigenvalue weighted by molar-refractivity contribution is 6.82. The maximum Gasteiger partial charge on any atom is 0.0535 e. The van der Waals surface area contributed by atoms with Crippen molar-refractivity contribution in [3.8, 4) is 0 Å². The summed E-state index contributed by atoms with van der Waals surface area (Å²) in [5, 5.41) is 0. The van der Waals surface area contributed by atoms with E-state index in [4.69, 9.17) is 5.73 Å². The second kappa shape index (κ2) is 15.9. The minimum atomic E-state index is -1.28. The fourth-order valence-corrected chi connectivity index (χ4v) is 18.2. The van der Waals surface area contributed by atoms with Crippen LogP contribution in [0, 0.1) is 0 Å². The van der Waals surface area contributed by atoms with Crippen LogP contribution in [0.2, 0.25) is 99.7 Å². The summed E-state index contributed by atoms with van der Waals surface area (Å²) in [6.07, 6.45) is 12.2. The Kier molecular flexibility index (Phi) is 15.9. The van der Waals surface area contributed by atoms with Gasteiger partial charge in [0, 0.05) is 0 Å². The predicted octanol–water partition coefficient (Wildman–Crippen LogP) is 9.64. The molecule has 0 aliphatic heterocycles. The largest absolute Gasteiger partial charge is 0.330 e. The van der Waals surface area contributed by atoms with E-state index in [1.807, 2.05) is 0 Å². The fourth-order valence-electron chi connectivity index (χ4n) is 5.53. The van der Waals surface area contributed by atoms with Crippen molar-refractivity contribution < 1.29 is 0 Å². The zero-order valence-electron chi connectivity index (χ0n) is 23.0. The second-order valence-corrected chi connectivity index (χ2v) is 33.6. The van der Waals surface area contributed by atoms with Crippen LogP contribution < -0.4 is 5.73 Å². The quantitative estimate of drug-likeness (QED) is 0.121. The molecule has 0 bridgehead atoms. The molecule has 2 N–H and O–H groups in total.